The van der Waals surface area contributed by atoms with E-state index in [-0.39, 0.29) is 4.90 Å². The first kappa shape index (κ1) is 17.4. The predicted molar refractivity (Wildman–Crippen MR) is 86.3 cm³/mol. The Balaban J connectivity index is 2.68. The average molecular weight is 364 g/mol. The number of hydrogen-bond donors (Lipinski definition) is 2. The Bertz CT molecular complexity index is 559. The van der Waals surface area contributed by atoms with E-state index in [0.29, 0.717) is 22.3 Å². The summed E-state index contributed by atoms with van der Waals surface area (Å²) in [6.07, 6.45) is 1.76. The lowest BCUT2D eigenvalue weighted by Crippen LogP contribution is -2.26. The zero-order chi connectivity index (χ0) is 15.3. The van der Waals surface area contributed by atoms with Crippen molar-refractivity contribution in [1.82, 2.24) is 9.62 Å². The van der Waals surface area contributed by atoms with Crippen LogP contribution in [-0.4, -0.2) is 40.5 Å². The second-order valence-electron chi connectivity index (χ2n) is 5.05. The number of rotatable bonds is 7. The van der Waals surface area contributed by atoms with Gasteiger partial charge in [0.05, 0.1) is 4.90 Å². The number of unbranched alkanes of at least 4 members (excludes halogenated alkanes) is 1. The molecule has 114 valence electrons. The summed E-state index contributed by atoms with van der Waals surface area (Å²) in [6.45, 7) is 3.14. The molecule has 0 fully saturated rings. The number of benzene rings is 1. The van der Waals surface area contributed by atoms with E-state index >= 15 is 0 Å². The monoisotopic (exact) mass is 363 g/mol. The van der Waals surface area contributed by atoms with Crippen molar-refractivity contribution >= 4 is 31.6 Å². The lowest BCUT2D eigenvalue weighted by molar-refractivity contribution is 0.394. The Morgan fingerprint density at radius 2 is 1.95 bits per heavy atom. The van der Waals surface area contributed by atoms with Crippen molar-refractivity contribution in [1.29, 1.82) is 0 Å². The van der Waals surface area contributed by atoms with Crippen molar-refractivity contribution in [3.05, 3.63) is 22.2 Å². The zero-order valence-electron chi connectivity index (χ0n) is 12.1. The van der Waals surface area contributed by atoms with Crippen LogP contribution in [0.25, 0.3) is 0 Å². The normalized spacial score (nSPS) is 12.1. The number of nitrogens with zero attached hydrogens (tertiary/aromatic N) is 1. The van der Waals surface area contributed by atoms with E-state index in [2.05, 4.69) is 25.6 Å². The Labute approximate surface area is 129 Å². The van der Waals surface area contributed by atoms with Crippen LogP contribution in [-0.2, 0) is 10.0 Å². The number of nitrogen functional groups attached to an aromatic ring is 1. The third kappa shape index (κ3) is 5.05. The fraction of sp³-hybridized carbons (Fsp3) is 0.538. The van der Waals surface area contributed by atoms with E-state index in [0.717, 1.165) is 19.4 Å². The number of nitrogens with two attached hydrogens (primary N) is 1. The Hall–Kier alpha value is -0.630. The molecule has 0 aliphatic heterocycles. The zero-order valence-corrected chi connectivity index (χ0v) is 14.5. The van der Waals surface area contributed by atoms with Crippen LogP contribution in [0.1, 0.15) is 18.4 Å². The van der Waals surface area contributed by atoms with Crippen LogP contribution < -0.4 is 10.5 Å². The van der Waals surface area contributed by atoms with Gasteiger partial charge in [0.15, 0.2) is 0 Å². The number of anilines is 1. The lowest BCUT2D eigenvalue weighted by Gasteiger charge is -2.12. The van der Waals surface area contributed by atoms with Crippen molar-refractivity contribution in [3.8, 4) is 0 Å². The molecular weight excluding hydrogens is 342 g/mol. The molecule has 0 bridgehead atoms. The minimum atomic E-state index is -3.50. The van der Waals surface area contributed by atoms with Gasteiger partial charge >= 0.3 is 0 Å². The maximum absolute atomic E-state index is 12.2. The van der Waals surface area contributed by atoms with Gasteiger partial charge in [-0.1, -0.05) is 0 Å². The summed E-state index contributed by atoms with van der Waals surface area (Å²) in [4.78, 5) is 2.32. The highest BCUT2D eigenvalue weighted by Crippen LogP contribution is 2.26. The average Bonchev–Trinajstić information content (AvgIpc) is 2.32. The van der Waals surface area contributed by atoms with Crippen LogP contribution in [0.5, 0.6) is 0 Å². The fourth-order valence-corrected chi connectivity index (χ4v) is 3.59. The van der Waals surface area contributed by atoms with E-state index in [4.69, 9.17) is 5.73 Å². The number of nitrogens with one attached hydrogen (secondary N) is 1. The maximum Gasteiger partial charge on any atom is 0.240 e. The topological polar surface area (TPSA) is 75.4 Å². The second kappa shape index (κ2) is 7.40. The van der Waals surface area contributed by atoms with Crippen LogP contribution in [0.15, 0.2) is 21.5 Å². The third-order valence-electron chi connectivity index (χ3n) is 2.91. The Morgan fingerprint density at radius 1 is 1.30 bits per heavy atom. The molecule has 1 aromatic carbocycles. The summed E-state index contributed by atoms with van der Waals surface area (Å²) in [5, 5.41) is 0. The quantitative estimate of drug-likeness (QED) is 0.573. The van der Waals surface area contributed by atoms with Crippen LogP contribution in [0, 0.1) is 6.92 Å². The van der Waals surface area contributed by atoms with Gasteiger partial charge in [0.1, 0.15) is 0 Å². The molecule has 0 spiro atoms. The van der Waals surface area contributed by atoms with Crippen molar-refractivity contribution in [2.45, 2.75) is 24.7 Å². The number of halogens is 1. The van der Waals surface area contributed by atoms with Crippen molar-refractivity contribution in [3.63, 3.8) is 0 Å². The first-order chi connectivity index (χ1) is 9.24. The molecule has 20 heavy (non-hydrogen) atoms. The van der Waals surface area contributed by atoms with E-state index in [1.165, 1.54) is 6.07 Å². The van der Waals surface area contributed by atoms with E-state index in [9.17, 15) is 8.42 Å². The molecule has 1 aromatic rings. The molecule has 7 heteroatoms. The van der Waals surface area contributed by atoms with E-state index in [1.54, 1.807) is 13.0 Å². The highest BCUT2D eigenvalue weighted by Gasteiger charge is 2.17. The molecule has 0 aliphatic carbocycles. The fourth-order valence-electron chi connectivity index (χ4n) is 1.80. The number of sulfonamides is 1. The van der Waals surface area contributed by atoms with E-state index < -0.39 is 10.0 Å². The summed E-state index contributed by atoms with van der Waals surface area (Å²) >= 11 is 3.29. The Kier molecular flexibility index (Phi) is 6.44. The standard InChI is InChI=1S/C13H22BrN3O2S/c1-10-8-11(14)12(15)9-13(10)20(18,19)16-6-4-5-7-17(2)3/h8-9,16H,4-7,15H2,1-3H3. The van der Waals surface area contributed by atoms with Crippen molar-refractivity contribution in [2.75, 3.05) is 32.9 Å². The molecule has 0 saturated heterocycles. The van der Waals surface area contributed by atoms with E-state index in [1.807, 2.05) is 14.1 Å². The molecule has 0 saturated carbocycles. The Morgan fingerprint density at radius 3 is 2.55 bits per heavy atom. The molecule has 0 heterocycles. The smallest absolute Gasteiger partial charge is 0.240 e. The highest BCUT2D eigenvalue weighted by atomic mass is 79.9. The minimum Gasteiger partial charge on any atom is -0.398 e. The molecule has 0 unspecified atom stereocenters. The largest absolute Gasteiger partial charge is 0.398 e. The second-order valence-corrected chi connectivity index (χ2v) is 7.64. The summed E-state index contributed by atoms with van der Waals surface area (Å²) in [5.41, 5.74) is 6.84. The van der Waals surface area contributed by atoms with Gasteiger partial charge in [-0.3, -0.25) is 0 Å². The van der Waals surface area contributed by atoms with Crippen LogP contribution in [0.2, 0.25) is 0 Å². The summed E-state index contributed by atoms with van der Waals surface area (Å²) < 4.78 is 27.8. The maximum atomic E-state index is 12.2. The number of aryl methyl sites for hydroxylation is 1. The molecule has 3 N–H and O–H groups in total. The summed E-state index contributed by atoms with van der Waals surface area (Å²) in [7, 11) is 0.501. The predicted octanol–water partition coefficient (Wildman–Crippen LogP) is 1.96. The molecule has 5 nitrogen and oxygen atoms in total. The van der Waals surface area contributed by atoms with Crippen molar-refractivity contribution < 1.29 is 8.42 Å². The highest BCUT2D eigenvalue weighted by molar-refractivity contribution is 9.10. The van der Waals surface area contributed by atoms with Gasteiger partial charge < -0.3 is 10.6 Å². The molecule has 0 aromatic heterocycles. The van der Waals surface area contributed by atoms with Crippen molar-refractivity contribution in [2.24, 2.45) is 0 Å². The molecule has 1 rings (SSSR count). The third-order valence-corrected chi connectivity index (χ3v) is 5.20. The van der Waals surface area contributed by atoms with Gasteiger partial charge in [0, 0.05) is 16.7 Å². The van der Waals surface area contributed by atoms with Gasteiger partial charge in [-0.25, -0.2) is 13.1 Å². The van der Waals surface area contributed by atoms with Gasteiger partial charge in [-0.05, 0) is 74.0 Å². The molecule has 0 amide bonds. The summed E-state index contributed by atoms with van der Waals surface area (Å²) in [6, 6.07) is 3.21. The summed E-state index contributed by atoms with van der Waals surface area (Å²) in [5.74, 6) is 0. The molecule has 0 aliphatic rings. The first-order valence-corrected chi connectivity index (χ1v) is 8.71. The van der Waals surface area contributed by atoms with Gasteiger partial charge in [0.2, 0.25) is 10.0 Å². The van der Waals surface area contributed by atoms with Gasteiger partial charge in [-0.2, -0.15) is 0 Å². The minimum absolute atomic E-state index is 0.241. The van der Waals surface area contributed by atoms with Gasteiger partial charge in [-0.15, -0.1) is 0 Å². The SMILES string of the molecule is Cc1cc(Br)c(N)cc1S(=O)(=O)NCCCCN(C)C. The van der Waals surface area contributed by atoms with Crippen LogP contribution >= 0.6 is 15.9 Å². The molecular formula is C13H22BrN3O2S. The molecule has 0 atom stereocenters. The van der Waals surface area contributed by atoms with Gasteiger partial charge in [0.25, 0.3) is 0 Å². The number of hydrogen-bond acceptors (Lipinski definition) is 4. The van der Waals surface area contributed by atoms with Crippen LogP contribution in [0.4, 0.5) is 5.69 Å². The lowest BCUT2D eigenvalue weighted by atomic mass is 10.2. The van der Waals surface area contributed by atoms with Crippen LogP contribution in [0.3, 0.4) is 0 Å². The molecule has 0 radical (unpaired) electrons. The first-order valence-electron chi connectivity index (χ1n) is 6.44.